The number of carbonyl (C=O) groups excluding carboxylic acids is 2. The van der Waals surface area contributed by atoms with Crippen molar-refractivity contribution >= 4 is 23.8 Å². The molecule has 3 amide bonds. The number of aryl methyl sites for hydroxylation is 1. The highest BCUT2D eigenvalue weighted by Crippen LogP contribution is 2.23. The number of halogens is 1. The quantitative estimate of drug-likeness (QED) is 0.455. The highest BCUT2D eigenvalue weighted by molar-refractivity contribution is 5.99. The molecule has 2 aromatic rings. The topological polar surface area (TPSA) is 86.8 Å². The Morgan fingerprint density at radius 2 is 2.19 bits per heavy atom. The van der Waals surface area contributed by atoms with Crippen LogP contribution in [0, 0.1) is 18.7 Å². The highest BCUT2D eigenvalue weighted by atomic mass is 19.1. The van der Waals surface area contributed by atoms with Crippen LogP contribution in [0.3, 0.4) is 0 Å². The van der Waals surface area contributed by atoms with Crippen molar-refractivity contribution < 1.29 is 18.8 Å². The molecule has 1 aliphatic rings. The van der Waals surface area contributed by atoms with Gasteiger partial charge in [0.1, 0.15) is 5.82 Å². The number of benzene rings is 1. The van der Waals surface area contributed by atoms with Crippen LogP contribution in [0.2, 0.25) is 0 Å². The van der Waals surface area contributed by atoms with E-state index in [1.165, 1.54) is 11.1 Å². The molecule has 32 heavy (non-hydrogen) atoms. The van der Waals surface area contributed by atoms with Gasteiger partial charge in [0.25, 0.3) is 0 Å². The molecule has 0 spiro atoms. The maximum absolute atomic E-state index is 14.3. The van der Waals surface area contributed by atoms with Crippen LogP contribution in [-0.4, -0.2) is 54.1 Å². The Bertz CT molecular complexity index is 909. The highest BCUT2D eigenvalue weighted by Gasteiger charge is 2.20. The minimum absolute atomic E-state index is 0.138. The molecular formula is C23H30FN5O3. The zero-order valence-electron chi connectivity index (χ0n) is 18.5. The lowest BCUT2D eigenvalue weighted by Crippen LogP contribution is -2.35. The van der Waals surface area contributed by atoms with E-state index < -0.39 is 11.8 Å². The number of rotatable bonds is 9. The molecule has 3 rings (SSSR count). The number of likely N-dealkylation sites (tertiary alicyclic amines) is 1. The maximum Gasteiger partial charge on any atom is 0.323 e. The molecule has 8 nitrogen and oxygen atoms in total. The Morgan fingerprint density at radius 1 is 1.34 bits per heavy atom. The zero-order valence-corrected chi connectivity index (χ0v) is 18.5. The van der Waals surface area contributed by atoms with Gasteiger partial charge in [-0.05, 0) is 68.5 Å². The van der Waals surface area contributed by atoms with E-state index in [9.17, 15) is 14.0 Å². The van der Waals surface area contributed by atoms with Crippen molar-refractivity contribution in [2.45, 2.75) is 32.7 Å². The third-order valence-corrected chi connectivity index (χ3v) is 5.43. The summed E-state index contributed by atoms with van der Waals surface area (Å²) in [4.78, 5) is 34.6. The van der Waals surface area contributed by atoms with Crippen LogP contribution in [0.5, 0.6) is 0 Å². The van der Waals surface area contributed by atoms with E-state index in [0.717, 1.165) is 43.6 Å². The molecule has 2 heterocycles. The van der Waals surface area contributed by atoms with Gasteiger partial charge in [0.2, 0.25) is 6.41 Å². The average Bonchev–Trinajstić information content (AvgIpc) is 2.78. The van der Waals surface area contributed by atoms with Gasteiger partial charge in [-0.15, -0.1) is 0 Å². The first-order valence-corrected chi connectivity index (χ1v) is 10.8. The molecule has 2 N–H and O–H groups in total. The lowest BCUT2D eigenvalue weighted by atomic mass is 9.95. The van der Waals surface area contributed by atoms with Crippen LogP contribution in [0.4, 0.5) is 20.6 Å². The molecule has 1 atom stereocenters. The number of aromatic nitrogens is 1. The predicted octanol–water partition coefficient (Wildman–Crippen LogP) is 3.80. The summed E-state index contributed by atoms with van der Waals surface area (Å²) < 4.78 is 14.3. The molecule has 0 aliphatic carbocycles. The molecule has 1 saturated heterocycles. The van der Waals surface area contributed by atoms with E-state index in [2.05, 4.69) is 20.5 Å². The van der Waals surface area contributed by atoms with Gasteiger partial charge < -0.3 is 10.6 Å². The number of pyridine rings is 1. The van der Waals surface area contributed by atoms with Gasteiger partial charge in [-0.1, -0.05) is 6.07 Å². The SMILES string of the molecule is Cc1ccc(NC(=O)Nc2cc(CN3CCC[C@@H](CCON(C)C=O)C3)ccc2F)cn1. The van der Waals surface area contributed by atoms with E-state index in [1.54, 1.807) is 37.5 Å². The first kappa shape index (κ1) is 23.6. The fourth-order valence-electron chi connectivity index (χ4n) is 3.78. The molecule has 9 heteroatoms. The summed E-state index contributed by atoms with van der Waals surface area (Å²) in [6, 6.07) is 7.80. The fraction of sp³-hybridized carbons (Fsp3) is 0.435. The number of hydrogen-bond acceptors (Lipinski definition) is 5. The van der Waals surface area contributed by atoms with Crippen LogP contribution >= 0.6 is 0 Å². The average molecular weight is 444 g/mol. The van der Waals surface area contributed by atoms with Crippen molar-refractivity contribution in [1.82, 2.24) is 14.9 Å². The van der Waals surface area contributed by atoms with Gasteiger partial charge in [0, 0.05) is 25.8 Å². The third kappa shape index (κ3) is 7.28. The van der Waals surface area contributed by atoms with Gasteiger partial charge >= 0.3 is 6.03 Å². The summed E-state index contributed by atoms with van der Waals surface area (Å²) in [5.74, 6) is -0.00496. The van der Waals surface area contributed by atoms with Gasteiger partial charge in [-0.25, -0.2) is 14.2 Å². The van der Waals surface area contributed by atoms with Crippen molar-refractivity contribution in [1.29, 1.82) is 0 Å². The van der Waals surface area contributed by atoms with Crippen molar-refractivity contribution in [3.05, 3.63) is 53.6 Å². The van der Waals surface area contributed by atoms with Crippen molar-refractivity contribution in [3.63, 3.8) is 0 Å². The molecule has 0 bridgehead atoms. The monoisotopic (exact) mass is 443 g/mol. The molecule has 1 aliphatic heterocycles. The summed E-state index contributed by atoms with van der Waals surface area (Å²) >= 11 is 0. The molecular weight excluding hydrogens is 413 g/mol. The second-order valence-corrected chi connectivity index (χ2v) is 8.10. The Hall–Kier alpha value is -3.04. The van der Waals surface area contributed by atoms with Crippen LogP contribution < -0.4 is 10.6 Å². The number of nitrogens with zero attached hydrogens (tertiary/aromatic N) is 3. The Kier molecular flexibility index (Phi) is 8.52. The van der Waals surface area contributed by atoms with Crippen molar-refractivity contribution in [2.75, 3.05) is 37.4 Å². The molecule has 0 radical (unpaired) electrons. The normalized spacial score (nSPS) is 16.4. The lowest BCUT2D eigenvalue weighted by Gasteiger charge is -2.33. The Labute approximate surface area is 187 Å². The third-order valence-electron chi connectivity index (χ3n) is 5.43. The number of hydrogen-bond donors (Lipinski definition) is 2. The van der Waals surface area contributed by atoms with Gasteiger partial charge in [-0.3, -0.25) is 19.5 Å². The Morgan fingerprint density at radius 3 is 2.94 bits per heavy atom. The smallest absolute Gasteiger partial charge is 0.306 e. The Balaban J connectivity index is 1.53. The molecule has 1 aromatic carbocycles. The predicted molar refractivity (Wildman–Crippen MR) is 120 cm³/mol. The van der Waals surface area contributed by atoms with Crippen LogP contribution in [0.1, 0.15) is 30.5 Å². The van der Waals surface area contributed by atoms with Gasteiger partial charge in [0.15, 0.2) is 0 Å². The van der Waals surface area contributed by atoms with Crippen molar-refractivity contribution in [2.24, 2.45) is 5.92 Å². The molecule has 1 aromatic heterocycles. The lowest BCUT2D eigenvalue weighted by molar-refractivity contribution is -0.165. The standard InChI is InChI=1S/C23H30FN5O3/c1-17-5-7-20(13-25-17)26-23(31)27-22-12-19(6-8-21(22)24)15-29-10-3-4-18(14-29)9-11-32-28(2)16-30/h5-8,12-13,16,18H,3-4,9-11,14-15H2,1-2H3,(H2,26,27,31)/t18-/m0/s1. The minimum atomic E-state index is -0.523. The van der Waals surface area contributed by atoms with E-state index in [1.807, 2.05) is 6.92 Å². The van der Waals surface area contributed by atoms with Crippen LogP contribution in [0.25, 0.3) is 0 Å². The second-order valence-electron chi connectivity index (χ2n) is 8.10. The first-order chi connectivity index (χ1) is 15.4. The van der Waals surface area contributed by atoms with Crippen LogP contribution in [-0.2, 0) is 16.2 Å². The molecule has 0 saturated carbocycles. The number of hydroxylamine groups is 2. The number of carbonyl (C=O) groups is 2. The van der Waals surface area contributed by atoms with E-state index >= 15 is 0 Å². The number of anilines is 2. The largest absolute Gasteiger partial charge is 0.323 e. The number of urea groups is 1. The second kappa shape index (κ2) is 11.5. The fourth-order valence-corrected chi connectivity index (χ4v) is 3.78. The number of nitrogens with one attached hydrogen (secondary N) is 2. The summed E-state index contributed by atoms with van der Waals surface area (Å²) in [7, 11) is 1.58. The summed E-state index contributed by atoms with van der Waals surface area (Å²) in [6.45, 7) is 4.91. The maximum atomic E-state index is 14.3. The van der Waals surface area contributed by atoms with Crippen molar-refractivity contribution in [3.8, 4) is 0 Å². The van der Waals surface area contributed by atoms with E-state index in [0.29, 0.717) is 31.2 Å². The van der Waals surface area contributed by atoms with E-state index in [-0.39, 0.29) is 5.69 Å². The minimum Gasteiger partial charge on any atom is -0.306 e. The molecule has 1 fully saturated rings. The summed E-state index contributed by atoms with van der Waals surface area (Å²) in [6.07, 6.45) is 5.27. The number of piperidine rings is 1. The molecule has 0 unspecified atom stereocenters. The van der Waals surface area contributed by atoms with E-state index in [4.69, 9.17) is 4.84 Å². The summed E-state index contributed by atoms with van der Waals surface area (Å²) in [5, 5.41) is 6.42. The summed E-state index contributed by atoms with van der Waals surface area (Å²) in [5.41, 5.74) is 2.44. The van der Waals surface area contributed by atoms with Crippen LogP contribution in [0.15, 0.2) is 36.5 Å². The van der Waals surface area contributed by atoms with Gasteiger partial charge in [0.05, 0.1) is 24.2 Å². The van der Waals surface area contributed by atoms with Gasteiger partial charge in [-0.2, -0.15) is 0 Å². The number of amides is 3. The molecule has 172 valence electrons. The zero-order chi connectivity index (χ0) is 22.9. The first-order valence-electron chi connectivity index (χ1n) is 10.8.